The van der Waals surface area contributed by atoms with Crippen LogP contribution >= 0.6 is 27.7 Å². The highest BCUT2D eigenvalue weighted by Gasteiger charge is 2.25. The second-order valence-corrected chi connectivity index (χ2v) is 7.25. The Hall–Kier alpha value is -0.770. The molecule has 0 aliphatic carbocycles. The number of hydrogen-bond donors (Lipinski definition) is 1. The van der Waals surface area contributed by atoms with Gasteiger partial charge in [0.25, 0.3) is 0 Å². The second-order valence-electron chi connectivity index (χ2n) is 5.27. The lowest BCUT2D eigenvalue weighted by molar-refractivity contribution is 0.570. The number of hydrogen-bond acceptors (Lipinski definition) is 2. The predicted molar refractivity (Wildman–Crippen MR) is 90.5 cm³/mol. The van der Waals surface area contributed by atoms with Crippen LogP contribution in [-0.2, 0) is 0 Å². The average molecular weight is 348 g/mol. The summed E-state index contributed by atoms with van der Waals surface area (Å²) in [6.07, 6.45) is 1.14. The summed E-state index contributed by atoms with van der Waals surface area (Å²) < 4.78 is 1.13. The molecule has 0 saturated heterocycles. The maximum Gasteiger partial charge on any atom is 0.0178 e. The fourth-order valence-corrected chi connectivity index (χ4v) is 4.59. The van der Waals surface area contributed by atoms with Gasteiger partial charge in [0.2, 0.25) is 0 Å². The van der Waals surface area contributed by atoms with Crippen LogP contribution in [0.1, 0.15) is 29.4 Å². The van der Waals surface area contributed by atoms with Crippen LogP contribution in [0.4, 0.5) is 0 Å². The highest BCUT2D eigenvalue weighted by Crippen LogP contribution is 2.43. The Morgan fingerprint density at radius 1 is 1.20 bits per heavy atom. The smallest absolute Gasteiger partial charge is 0.0178 e. The van der Waals surface area contributed by atoms with Crippen LogP contribution in [0, 0.1) is 0 Å². The third-order valence-corrected chi connectivity index (χ3v) is 5.72. The lowest BCUT2D eigenvalue weighted by atomic mass is 9.86. The zero-order valence-corrected chi connectivity index (χ0v) is 13.7. The van der Waals surface area contributed by atoms with E-state index < -0.39 is 0 Å². The van der Waals surface area contributed by atoms with Gasteiger partial charge in [0.15, 0.2) is 0 Å². The van der Waals surface area contributed by atoms with Crippen molar-refractivity contribution in [2.75, 3.05) is 12.3 Å². The predicted octanol–water partition coefficient (Wildman–Crippen LogP) is 4.77. The average Bonchev–Trinajstić information content (AvgIpc) is 2.88. The molecule has 104 valence electrons. The van der Waals surface area contributed by atoms with E-state index >= 15 is 0 Å². The standard InChI is InChI=1S/C17H18BrNS/c18-15-5-3-4-12(9-15)13(10-19)8-14-11-20-17-7-2-1-6-16(14)17/h1-7,9,13-14H,8,10-11,19H2. The van der Waals surface area contributed by atoms with Crippen molar-refractivity contribution < 1.29 is 0 Å². The molecule has 0 spiro atoms. The van der Waals surface area contributed by atoms with Crippen molar-refractivity contribution in [2.45, 2.75) is 23.2 Å². The van der Waals surface area contributed by atoms with Gasteiger partial charge >= 0.3 is 0 Å². The molecule has 1 aliphatic heterocycles. The van der Waals surface area contributed by atoms with E-state index in [1.54, 1.807) is 0 Å². The third kappa shape index (κ3) is 2.95. The van der Waals surface area contributed by atoms with Gasteiger partial charge in [-0.3, -0.25) is 0 Å². The molecule has 2 aromatic carbocycles. The number of nitrogens with two attached hydrogens (primary N) is 1. The number of halogens is 1. The second kappa shape index (κ2) is 6.33. The molecule has 0 radical (unpaired) electrons. The molecular weight excluding hydrogens is 330 g/mol. The maximum absolute atomic E-state index is 6.03. The van der Waals surface area contributed by atoms with E-state index in [-0.39, 0.29) is 0 Å². The van der Waals surface area contributed by atoms with Crippen LogP contribution in [0.5, 0.6) is 0 Å². The summed E-state index contributed by atoms with van der Waals surface area (Å²) in [6.45, 7) is 0.708. The number of thioether (sulfide) groups is 1. The van der Waals surface area contributed by atoms with E-state index in [1.807, 2.05) is 11.8 Å². The molecule has 0 aromatic heterocycles. The fraction of sp³-hybridized carbons (Fsp3) is 0.294. The van der Waals surface area contributed by atoms with Crippen molar-refractivity contribution in [3.8, 4) is 0 Å². The Morgan fingerprint density at radius 3 is 2.85 bits per heavy atom. The third-order valence-electron chi connectivity index (χ3n) is 3.97. The van der Waals surface area contributed by atoms with Crippen LogP contribution in [-0.4, -0.2) is 12.3 Å². The normalized spacial score (nSPS) is 18.8. The first-order chi connectivity index (χ1) is 9.78. The van der Waals surface area contributed by atoms with E-state index in [2.05, 4.69) is 64.5 Å². The topological polar surface area (TPSA) is 26.0 Å². The van der Waals surface area contributed by atoms with Crippen molar-refractivity contribution in [3.05, 3.63) is 64.1 Å². The molecular formula is C17H18BrNS. The summed E-state index contributed by atoms with van der Waals surface area (Å²) in [4.78, 5) is 1.45. The van der Waals surface area contributed by atoms with Crippen molar-refractivity contribution in [1.82, 2.24) is 0 Å². The SMILES string of the molecule is NCC(CC1CSc2ccccc21)c1cccc(Br)c1. The van der Waals surface area contributed by atoms with Crippen molar-refractivity contribution in [1.29, 1.82) is 0 Å². The minimum absolute atomic E-state index is 0.434. The molecule has 0 saturated carbocycles. The van der Waals surface area contributed by atoms with Gasteiger partial charge in [-0.2, -0.15) is 0 Å². The minimum atomic E-state index is 0.434. The molecule has 3 heteroatoms. The molecule has 2 aromatic rings. The van der Waals surface area contributed by atoms with Gasteiger partial charge in [-0.05, 0) is 54.1 Å². The van der Waals surface area contributed by atoms with E-state index in [4.69, 9.17) is 5.73 Å². The summed E-state index contributed by atoms with van der Waals surface area (Å²) in [5.74, 6) is 2.25. The Morgan fingerprint density at radius 2 is 2.05 bits per heavy atom. The first-order valence-corrected chi connectivity index (χ1v) is 8.73. The number of benzene rings is 2. The van der Waals surface area contributed by atoms with E-state index in [0.29, 0.717) is 18.4 Å². The quantitative estimate of drug-likeness (QED) is 0.861. The molecule has 1 heterocycles. The highest BCUT2D eigenvalue weighted by atomic mass is 79.9. The first kappa shape index (κ1) is 14.2. The van der Waals surface area contributed by atoms with E-state index in [1.165, 1.54) is 21.8 Å². The van der Waals surface area contributed by atoms with Crippen LogP contribution in [0.15, 0.2) is 57.9 Å². The molecule has 0 bridgehead atoms. The lowest BCUT2D eigenvalue weighted by Crippen LogP contribution is -2.16. The molecule has 3 rings (SSSR count). The van der Waals surface area contributed by atoms with Gasteiger partial charge in [-0.1, -0.05) is 46.3 Å². The van der Waals surface area contributed by atoms with E-state index in [9.17, 15) is 0 Å². The van der Waals surface area contributed by atoms with Crippen LogP contribution in [0.3, 0.4) is 0 Å². The monoisotopic (exact) mass is 347 g/mol. The zero-order valence-electron chi connectivity index (χ0n) is 11.3. The van der Waals surface area contributed by atoms with Gasteiger partial charge in [0.05, 0.1) is 0 Å². The van der Waals surface area contributed by atoms with Crippen molar-refractivity contribution in [3.63, 3.8) is 0 Å². The first-order valence-electron chi connectivity index (χ1n) is 6.95. The molecule has 1 aliphatic rings. The number of rotatable bonds is 4. The van der Waals surface area contributed by atoms with Gasteiger partial charge in [-0.25, -0.2) is 0 Å². The summed E-state index contributed by atoms with van der Waals surface area (Å²) in [5, 5.41) is 0. The Bertz CT molecular complexity index is 599. The largest absolute Gasteiger partial charge is 0.330 e. The van der Waals surface area contributed by atoms with Crippen molar-refractivity contribution >= 4 is 27.7 Å². The maximum atomic E-state index is 6.03. The Kier molecular flexibility index (Phi) is 4.49. The van der Waals surface area contributed by atoms with Crippen LogP contribution < -0.4 is 5.73 Å². The lowest BCUT2D eigenvalue weighted by Gasteiger charge is -2.20. The highest BCUT2D eigenvalue weighted by molar-refractivity contribution is 9.10. The summed E-state index contributed by atoms with van der Waals surface area (Å²) in [7, 11) is 0. The summed E-state index contributed by atoms with van der Waals surface area (Å²) in [6, 6.07) is 17.3. The van der Waals surface area contributed by atoms with Gasteiger partial charge in [0, 0.05) is 15.1 Å². The molecule has 20 heavy (non-hydrogen) atoms. The van der Waals surface area contributed by atoms with E-state index in [0.717, 1.165) is 10.9 Å². The van der Waals surface area contributed by atoms with Gasteiger partial charge in [-0.15, -0.1) is 11.8 Å². The van der Waals surface area contributed by atoms with Crippen molar-refractivity contribution in [2.24, 2.45) is 5.73 Å². The minimum Gasteiger partial charge on any atom is -0.330 e. The summed E-state index contributed by atoms with van der Waals surface area (Å²) in [5.41, 5.74) is 8.88. The Labute approximate surface area is 133 Å². The molecule has 0 amide bonds. The fourth-order valence-electron chi connectivity index (χ4n) is 2.90. The molecule has 2 unspecified atom stereocenters. The van der Waals surface area contributed by atoms with Crippen LogP contribution in [0.25, 0.3) is 0 Å². The molecule has 1 nitrogen and oxygen atoms in total. The molecule has 2 N–H and O–H groups in total. The van der Waals surface area contributed by atoms with Gasteiger partial charge in [0.1, 0.15) is 0 Å². The zero-order chi connectivity index (χ0) is 13.9. The Balaban J connectivity index is 1.80. The summed E-state index contributed by atoms with van der Waals surface area (Å²) >= 11 is 5.53. The molecule has 2 atom stereocenters. The van der Waals surface area contributed by atoms with Gasteiger partial charge < -0.3 is 5.73 Å². The molecule has 0 fully saturated rings. The number of fused-ring (bicyclic) bond motifs is 1. The van der Waals surface area contributed by atoms with Crippen LogP contribution in [0.2, 0.25) is 0 Å².